The number of fused-ring (bicyclic) bond motifs is 1. The number of morpholine rings is 1. The second-order valence-electron chi connectivity index (χ2n) is 8.27. The molecule has 0 atom stereocenters. The number of nitrogens with zero attached hydrogens (tertiary/aromatic N) is 2. The first kappa shape index (κ1) is 24.5. The minimum absolute atomic E-state index is 0.00326. The van der Waals surface area contributed by atoms with Crippen molar-refractivity contribution in [2.24, 2.45) is 0 Å². The lowest BCUT2D eigenvalue weighted by molar-refractivity contribution is 0.0303. The number of rotatable bonds is 6. The van der Waals surface area contributed by atoms with Crippen LogP contribution in [0.2, 0.25) is 5.02 Å². The van der Waals surface area contributed by atoms with Gasteiger partial charge in [0.15, 0.2) is 0 Å². The van der Waals surface area contributed by atoms with Crippen LogP contribution in [0.15, 0.2) is 76.4 Å². The molecular formula is C25H22ClN3O5S2. The van der Waals surface area contributed by atoms with E-state index in [1.54, 1.807) is 51.9 Å². The summed E-state index contributed by atoms with van der Waals surface area (Å²) in [6.07, 6.45) is 0. The van der Waals surface area contributed by atoms with Crippen LogP contribution in [-0.4, -0.2) is 50.1 Å². The number of thiazole rings is 1. The van der Waals surface area contributed by atoms with Gasteiger partial charge in [0.25, 0.3) is 15.9 Å². The van der Waals surface area contributed by atoms with Gasteiger partial charge in [-0.1, -0.05) is 47.2 Å². The summed E-state index contributed by atoms with van der Waals surface area (Å²) in [6.45, 7) is 2.13. The highest BCUT2D eigenvalue weighted by Gasteiger charge is 2.24. The Bertz CT molecular complexity index is 1590. The molecule has 0 spiro atoms. The second kappa shape index (κ2) is 10.1. The summed E-state index contributed by atoms with van der Waals surface area (Å²) in [5.74, 6) is -0.260. The molecule has 1 aliphatic rings. The first-order valence-corrected chi connectivity index (χ1v) is 13.9. The molecule has 8 nitrogen and oxygen atoms in total. The molecule has 1 fully saturated rings. The lowest BCUT2D eigenvalue weighted by Gasteiger charge is -2.27. The molecule has 1 N–H and O–H groups in total. The van der Waals surface area contributed by atoms with E-state index in [2.05, 4.69) is 4.72 Å². The molecule has 3 aromatic carbocycles. The highest BCUT2D eigenvalue weighted by molar-refractivity contribution is 7.92. The van der Waals surface area contributed by atoms with Crippen LogP contribution in [0.5, 0.6) is 0 Å². The summed E-state index contributed by atoms with van der Waals surface area (Å²) in [5.41, 5.74) is 2.01. The van der Waals surface area contributed by atoms with Crippen molar-refractivity contribution in [3.63, 3.8) is 0 Å². The molecule has 36 heavy (non-hydrogen) atoms. The summed E-state index contributed by atoms with van der Waals surface area (Å²) in [5, 5.41) is 0.608. The van der Waals surface area contributed by atoms with Gasteiger partial charge in [0.1, 0.15) is 0 Å². The van der Waals surface area contributed by atoms with Gasteiger partial charge < -0.3 is 9.64 Å². The number of benzene rings is 3. The first-order chi connectivity index (χ1) is 17.3. The third kappa shape index (κ3) is 5.03. The SMILES string of the molecule is O=C(c1ccccc1NS(=O)(=O)c1ccc2c(c1)sc(=O)n2Cc1ccc(Cl)cc1)N1CCOCC1. The molecule has 0 unspecified atom stereocenters. The van der Waals surface area contributed by atoms with E-state index >= 15 is 0 Å². The van der Waals surface area contributed by atoms with Crippen LogP contribution in [-0.2, 0) is 21.3 Å². The number of hydrogen-bond donors (Lipinski definition) is 1. The van der Waals surface area contributed by atoms with Gasteiger partial charge in [-0.05, 0) is 48.0 Å². The van der Waals surface area contributed by atoms with Crippen molar-refractivity contribution in [3.8, 4) is 0 Å². The summed E-state index contributed by atoms with van der Waals surface area (Å²) in [6, 6.07) is 18.3. The molecule has 0 bridgehead atoms. The van der Waals surface area contributed by atoms with Crippen LogP contribution in [0.4, 0.5) is 5.69 Å². The quantitative estimate of drug-likeness (QED) is 0.396. The third-order valence-electron chi connectivity index (χ3n) is 5.90. The molecule has 186 valence electrons. The Hall–Kier alpha value is -3.18. The summed E-state index contributed by atoms with van der Waals surface area (Å²) < 4.78 is 36.5. The van der Waals surface area contributed by atoms with Gasteiger partial charge in [-0.2, -0.15) is 0 Å². The molecule has 0 aliphatic carbocycles. The van der Waals surface area contributed by atoms with Gasteiger partial charge in [-0.3, -0.25) is 18.9 Å². The maximum absolute atomic E-state index is 13.3. The van der Waals surface area contributed by atoms with E-state index < -0.39 is 10.0 Å². The number of carbonyl (C=O) groups excluding carboxylic acids is 1. The molecule has 1 saturated heterocycles. The number of ether oxygens (including phenoxy) is 1. The maximum Gasteiger partial charge on any atom is 0.308 e. The van der Waals surface area contributed by atoms with E-state index in [0.29, 0.717) is 48.1 Å². The second-order valence-corrected chi connectivity index (χ2v) is 11.4. The van der Waals surface area contributed by atoms with Crippen LogP contribution < -0.4 is 9.60 Å². The molecule has 4 aromatic rings. The zero-order valence-corrected chi connectivity index (χ0v) is 21.4. The number of aromatic nitrogens is 1. The number of hydrogen-bond acceptors (Lipinski definition) is 6. The predicted octanol–water partition coefficient (Wildman–Crippen LogP) is 4.04. The fraction of sp³-hybridized carbons (Fsp3) is 0.200. The van der Waals surface area contributed by atoms with Crippen molar-refractivity contribution in [2.75, 3.05) is 31.0 Å². The average molecular weight is 544 g/mol. The standard InChI is InChI=1S/C25H22ClN3O5S2/c26-18-7-5-17(6-8-18)16-29-22-10-9-19(15-23(22)35-25(29)31)36(32,33)27-21-4-2-1-3-20(21)24(30)28-11-13-34-14-12-28/h1-10,15,27H,11-14,16H2. The highest BCUT2D eigenvalue weighted by Crippen LogP contribution is 2.26. The number of anilines is 1. The molecule has 0 radical (unpaired) electrons. The molecule has 1 amide bonds. The molecule has 1 aliphatic heterocycles. The van der Waals surface area contributed by atoms with Crippen LogP contribution in [0.25, 0.3) is 10.2 Å². The fourth-order valence-electron chi connectivity index (χ4n) is 4.04. The van der Waals surface area contributed by atoms with Crippen molar-refractivity contribution >= 4 is 54.8 Å². The molecule has 1 aromatic heterocycles. The number of sulfonamides is 1. The van der Waals surface area contributed by atoms with Gasteiger partial charge >= 0.3 is 4.87 Å². The van der Waals surface area contributed by atoms with Gasteiger partial charge in [0.2, 0.25) is 0 Å². The number of halogens is 1. The van der Waals surface area contributed by atoms with Gasteiger partial charge in [0, 0.05) is 18.1 Å². The smallest absolute Gasteiger partial charge is 0.308 e. The van der Waals surface area contributed by atoms with E-state index in [0.717, 1.165) is 16.9 Å². The lowest BCUT2D eigenvalue weighted by atomic mass is 10.1. The summed E-state index contributed by atoms with van der Waals surface area (Å²) >= 11 is 6.93. The van der Waals surface area contributed by atoms with Gasteiger partial charge in [0.05, 0.1) is 46.1 Å². The molecule has 11 heteroatoms. The van der Waals surface area contributed by atoms with Gasteiger partial charge in [-0.25, -0.2) is 8.42 Å². The maximum atomic E-state index is 13.3. The topological polar surface area (TPSA) is 97.7 Å². The minimum atomic E-state index is -4.02. The zero-order chi connectivity index (χ0) is 25.3. The van der Waals surface area contributed by atoms with Crippen molar-refractivity contribution < 1.29 is 17.9 Å². The highest BCUT2D eigenvalue weighted by atomic mass is 35.5. The molecular weight excluding hydrogens is 522 g/mol. The van der Waals surface area contributed by atoms with Crippen molar-refractivity contribution in [1.29, 1.82) is 0 Å². The average Bonchev–Trinajstić information content (AvgIpc) is 3.19. The van der Waals surface area contributed by atoms with E-state index in [1.165, 1.54) is 12.1 Å². The van der Waals surface area contributed by atoms with Crippen molar-refractivity contribution in [3.05, 3.63) is 92.5 Å². The Labute approximate surface area is 216 Å². The zero-order valence-electron chi connectivity index (χ0n) is 19.0. The Kier molecular flexibility index (Phi) is 6.85. The van der Waals surface area contributed by atoms with Crippen LogP contribution in [0, 0.1) is 0 Å². The normalized spacial score (nSPS) is 14.2. The monoisotopic (exact) mass is 543 g/mol. The molecule has 0 saturated carbocycles. The Morgan fingerprint density at radius 1 is 1.03 bits per heavy atom. The van der Waals surface area contributed by atoms with E-state index in [4.69, 9.17) is 16.3 Å². The Morgan fingerprint density at radius 2 is 1.75 bits per heavy atom. The van der Waals surface area contributed by atoms with E-state index in [9.17, 15) is 18.0 Å². The molecule has 2 heterocycles. The summed E-state index contributed by atoms with van der Waals surface area (Å²) in [4.78, 5) is 27.1. The Morgan fingerprint density at radius 3 is 2.50 bits per heavy atom. The Balaban J connectivity index is 1.43. The number of amides is 1. The van der Waals surface area contributed by atoms with E-state index in [1.807, 2.05) is 12.1 Å². The molecule has 5 rings (SSSR count). The summed E-state index contributed by atoms with van der Waals surface area (Å²) in [7, 11) is -4.02. The van der Waals surface area contributed by atoms with Crippen molar-refractivity contribution in [2.45, 2.75) is 11.4 Å². The number of carbonyl (C=O) groups is 1. The predicted molar refractivity (Wildman–Crippen MR) is 141 cm³/mol. The van der Waals surface area contributed by atoms with E-state index in [-0.39, 0.29) is 26.9 Å². The first-order valence-electron chi connectivity index (χ1n) is 11.2. The lowest BCUT2D eigenvalue weighted by Crippen LogP contribution is -2.41. The third-order valence-corrected chi connectivity index (χ3v) is 8.46. The van der Waals surface area contributed by atoms with Gasteiger partial charge in [-0.15, -0.1) is 0 Å². The fourth-order valence-corrected chi connectivity index (χ4v) is 6.27. The number of nitrogens with one attached hydrogen (secondary N) is 1. The minimum Gasteiger partial charge on any atom is -0.378 e. The van der Waals surface area contributed by atoms with Crippen LogP contribution >= 0.6 is 22.9 Å². The largest absolute Gasteiger partial charge is 0.378 e. The van der Waals surface area contributed by atoms with Crippen LogP contribution in [0.1, 0.15) is 15.9 Å². The van der Waals surface area contributed by atoms with Crippen LogP contribution in [0.3, 0.4) is 0 Å². The number of para-hydroxylation sites is 1. The van der Waals surface area contributed by atoms with Crippen molar-refractivity contribution in [1.82, 2.24) is 9.47 Å².